The fourth-order valence-electron chi connectivity index (χ4n) is 0.777. The van der Waals surface area contributed by atoms with Crippen LogP contribution in [0.15, 0.2) is 18.2 Å². The number of ether oxygens (including phenoxy) is 1. The third-order valence-electron chi connectivity index (χ3n) is 1.32. The van der Waals surface area contributed by atoms with Crippen LogP contribution in [0.2, 0.25) is 0 Å². The van der Waals surface area contributed by atoms with Crippen molar-refractivity contribution in [1.29, 1.82) is 0 Å². The molecule has 0 atom stereocenters. The highest BCUT2D eigenvalue weighted by Crippen LogP contribution is 2.19. The Hall–Kier alpha value is -1.27. The molecule has 0 amide bonds. The molecule has 78 valence electrons. The second-order valence-corrected chi connectivity index (χ2v) is 2.60. The van der Waals surface area contributed by atoms with Gasteiger partial charge in [0.2, 0.25) is 0 Å². The van der Waals surface area contributed by atoms with E-state index < -0.39 is 30.9 Å². The zero-order valence-corrected chi connectivity index (χ0v) is 6.81. The fraction of sp³-hybridized carbons (Fsp3) is 0.143. The van der Waals surface area contributed by atoms with Crippen LogP contribution >= 0.6 is 0 Å². The molecule has 0 aliphatic heterocycles. The molecule has 0 aliphatic rings. The average molecular weight is 211 g/mol. The number of hydrogen-bond donors (Lipinski definition) is 0. The van der Waals surface area contributed by atoms with Crippen LogP contribution in [0.25, 0.3) is 0 Å². The Labute approximate surface area is 76.5 Å². The van der Waals surface area contributed by atoms with Gasteiger partial charge >= 0.3 is 6.98 Å². The van der Waals surface area contributed by atoms with Crippen molar-refractivity contribution >= 4 is 6.98 Å². The standard InChI is InChI=1S/C7H5BF5O/c9-5-1-2-7(6(10)3-5)14-4-8(11,12)13/h1-3H,4H2/q-1. The third kappa shape index (κ3) is 3.23. The number of halogens is 5. The monoisotopic (exact) mass is 211 g/mol. The highest BCUT2D eigenvalue weighted by atomic mass is 19.4. The van der Waals surface area contributed by atoms with Crippen molar-refractivity contribution in [2.24, 2.45) is 0 Å². The third-order valence-corrected chi connectivity index (χ3v) is 1.32. The number of benzene rings is 1. The number of rotatable bonds is 3. The van der Waals surface area contributed by atoms with E-state index >= 15 is 0 Å². The topological polar surface area (TPSA) is 9.23 Å². The lowest BCUT2D eigenvalue weighted by Gasteiger charge is -2.15. The summed E-state index contributed by atoms with van der Waals surface area (Å²) in [7, 11) is 0. The average Bonchev–Trinajstić information content (AvgIpc) is 2.00. The second kappa shape index (κ2) is 3.85. The predicted octanol–water partition coefficient (Wildman–Crippen LogP) is 2.73. The van der Waals surface area contributed by atoms with Crippen LogP contribution in [-0.4, -0.2) is 13.5 Å². The molecule has 0 heterocycles. The predicted molar refractivity (Wildman–Crippen MR) is 40.9 cm³/mol. The first-order chi connectivity index (χ1) is 6.38. The zero-order valence-electron chi connectivity index (χ0n) is 6.81. The quantitative estimate of drug-likeness (QED) is 0.551. The molecule has 0 N–H and O–H groups in total. The van der Waals surface area contributed by atoms with Crippen LogP contribution in [0.1, 0.15) is 0 Å². The van der Waals surface area contributed by atoms with E-state index in [1.54, 1.807) is 0 Å². The molecule has 0 unspecified atom stereocenters. The van der Waals surface area contributed by atoms with Crippen molar-refractivity contribution < 1.29 is 26.5 Å². The minimum absolute atomic E-state index is 0.457. The summed E-state index contributed by atoms with van der Waals surface area (Å²) in [5.41, 5.74) is 0. The van der Waals surface area contributed by atoms with Gasteiger partial charge < -0.3 is 17.7 Å². The van der Waals surface area contributed by atoms with Gasteiger partial charge in [0.25, 0.3) is 0 Å². The van der Waals surface area contributed by atoms with E-state index in [1.807, 2.05) is 0 Å². The van der Waals surface area contributed by atoms with Gasteiger partial charge in [-0.25, -0.2) is 8.78 Å². The van der Waals surface area contributed by atoms with Gasteiger partial charge in [0.1, 0.15) is 5.82 Å². The van der Waals surface area contributed by atoms with Crippen molar-refractivity contribution in [2.45, 2.75) is 0 Å². The van der Waals surface area contributed by atoms with E-state index in [0.29, 0.717) is 6.07 Å². The molecule has 1 nitrogen and oxygen atoms in total. The highest BCUT2D eigenvalue weighted by molar-refractivity contribution is 6.58. The molecule has 0 saturated heterocycles. The van der Waals surface area contributed by atoms with Crippen molar-refractivity contribution in [3.05, 3.63) is 29.8 Å². The SMILES string of the molecule is Fc1ccc(OC[B-](F)(F)F)c(F)c1. The van der Waals surface area contributed by atoms with Gasteiger partial charge in [0.15, 0.2) is 11.6 Å². The van der Waals surface area contributed by atoms with Crippen LogP contribution in [0.4, 0.5) is 21.7 Å². The summed E-state index contributed by atoms with van der Waals surface area (Å²) in [5, 5.41) is 0. The molecule has 1 aromatic carbocycles. The van der Waals surface area contributed by atoms with Gasteiger partial charge in [0.05, 0.1) is 6.51 Å². The van der Waals surface area contributed by atoms with Gasteiger partial charge in [-0.2, -0.15) is 0 Å². The molecule has 14 heavy (non-hydrogen) atoms. The maximum atomic E-state index is 12.7. The van der Waals surface area contributed by atoms with Crippen LogP contribution in [0.3, 0.4) is 0 Å². The second-order valence-electron chi connectivity index (χ2n) is 2.60. The molecule has 1 rings (SSSR count). The first kappa shape index (κ1) is 10.8. The van der Waals surface area contributed by atoms with Gasteiger partial charge in [-0.3, -0.25) is 0 Å². The van der Waals surface area contributed by atoms with E-state index in [-0.39, 0.29) is 0 Å². The van der Waals surface area contributed by atoms with E-state index in [1.165, 1.54) is 0 Å². The summed E-state index contributed by atoms with van der Waals surface area (Å²) >= 11 is 0. The summed E-state index contributed by atoms with van der Waals surface area (Å²) < 4.78 is 64.2. The summed E-state index contributed by atoms with van der Waals surface area (Å²) in [6, 6.07) is 2.09. The van der Waals surface area contributed by atoms with E-state index in [4.69, 9.17) is 0 Å². The molecule has 1 aromatic rings. The smallest absolute Gasteiger partial charge is 0.515 e. The molecule has 0 radical (unpaired) electrons. The van der Waals surface area contributed by atoms with Crippen LogP contribution in [0.5, 0.6) is 5.75 Å². The largest absolute Gasteiger partial charge is 0.519 e. The van der Waals surface area contributed by atoms with Crippen LogP contribution in [-0.2, 0) is 0 Å². The normalized spacial score (nSPS) is 11.5. The van der Waals surface area contributed by atoms with E-state index in [0.717, 1.165) is 12.1 Å². The summed E-state index contributed by atoms with van der Waals surface area (Å²) in [6.45, 7) is -6.67. The Bertz CT molecular complexity index is 324. The lowest BCUT2D eigenvalue weighted by atomic mass is 9.95. The molecule has 0 saturated carbocycles. The Kier molecular flexibility index (Phi) is 2.98. The Morgan fingerprint density at radius 3 is 2.29 bits per heavy atom. The summed E-state index contributed by atoms with van der Waals surface area (Å²) in [4.78, 5) is 0. The lowest BCUT2D eigenvalue weighted by Crippen LogP contribution is -2.26. The van der Waals surface area contributed by atoms with Gasteiger partial charge in [-0.15, -0.1) is 0 Å². The number of hydrogen-bond acceptors (Lipinski definition) is 1. The zero-order chi connectivity index (χ0) is 10.8. The molecule has 0 spiro atoms. The molecular formula is C7H5BF5O-. The molecule has 0 fully saturated rings. The summed E-state index contributed by atoms with van der Waals surface area (Å²) in [6.07, 6.45) is 0. The molecule has 0 aromatic heterocycles. The Balaban J connectivity index is 2.68. The summed E-state index contributed by atoms with van der Waals surface area (Å²) in [5.74, 6) is -2.62. The minimum Gasteiger partial charge on any atom is -0.519 e. The van der Waals surface area contributed by atoms with Crippen molar-refractivity contribution in [2.75, 3.05) is 6.51 Å². The first-order valence-corrected chi connectivity index (χ1v) is 3.67. The Morgan fingerprint density at radius 1 is 1.14 bits per heavy atom. The van der Waals surface area contributed by atoms with E-state index in [2.05, 4.69) is 4.74 Å². The van der Waals surface area contributed by atoms with Crippen molar-refractivity contribution in [3.63, 3.8) is 0 Å². The lowest BCUT2D eigenvalue weighted by molar-refractivity contribution is 0.300. The van der Waals surface area contributed by atoms with Crippen molar-refractivity contribution in [1.82, 2.24) is 0 Å². The fourth-order valence-corrected chi connectivity index (χ4v) is 0.777. The molecule has 7 heteroatoms. The molecule has 0 aliphatic carbocycles. The van der Waals surface area contributed by atoms with Crippen LogP contribution in [0, 0.1) is 11.6 Å². The van der Waals surface area contributed by atoms with Crippen LogP contribution < -0.4 is 4.74 Å². The van der Waals surface area contributed by atoms with Gasteiger partial charge in [-0.1, -0.05) is 0 Å². The molecule has 0 bridgehead atoms. The maximum absolute atomic E-state index is 12.7. The maximum Gasteiger partial charge on any atom is 0.515 e. The minimum atomic E-state index is -5.13. The van der Waals surface area contributed by atoms with Gasteiger partial charge in [-0.05, 0) is 12.1 Å². The first-order valence-electron chi connectivity index (χ1n) is 3.67. The van der Waals surface area contributed by atoms with Crippen molar-refractivity contribution in [3.8, 4) is 5.75 Å². The van der Waals surface area contributed by atoms with Gasteiger partial charge in [0, 0.05) is 6.07 Å². The Morgan fingerprint density at radius 2 is 1.79 bits per heavy atom. The van der Waals surface area contributed by atoms with E-state index in [9.17, 15) is 21.7 Å². The molecular weight excluding hydrogens is 206 g/mol. The highest BCUT2D eigenvalue weighted by Gasteiger charge is 2.24.